The summed E-state index contributed by atoms with van der Waals surface area (Å²) in [5.74, 6) is -1.45. The van der Waals surface area contributed by atoms with Crippen molar-refractivity contribution >= 4 is 86.1 Å². The molecule has 0 aromatic heterocycles. The molecular formula is C76H135IO15SSi5. The normalized spacial score (nSPS) is 30.4. The monoisotopic (exact) mass is 1590 g/mol. The summed E-state index contributed by atoms with van der Waals surface area (Å²) in [6.07, 6.45) is 0.262. The first kappa shape index (κ1) is 86.0. The molecule has 0 saturated carbocycles. The number of fused-ring (bicyclic) bond motifs is 1. The first-order valence-electron chi connectivity index (χ1n) is 36.8. The van der Waals surface area contributed by atoms with Crippen LogP contribution in [-0.4, -0.2) is 173 Å². The van der Waals surface area contributed by atoms with Gasteiger partial charge in [-0.05, 0) is 175 Å². The highest BCUT2D eigenvalue weighted by atomic mass is 127. The van der Waals surface area contributed by atoms with Gasteiger partial charge >= 0.3 is 0 Å². The fourth-order valence-electron chi connectivity index (χ4n) is 13.3. The second kappa shape index (κ2) is 33.1. The average Bonchev–Trinajstić information content (AvgIpc) is 1.19. The molecule has 1 aromatic carbocycles. The van der Waals surface area contributed by atoms with Gasteiger partial charge in [0.2, 0.25) is 0 Å². The molecule has 5 fully saturated rings. The van der Waals surface area contributed by atoms with Crippen molar-refractivity contribution in [1.82, 2.24) is 0 Å². The van der Waals surface area contributed by atoms with E-state index < -0.39 is 142 Å². The van der Waals surface area contributed by atoms with Gasteiger partial charge in [-0.2, -0.15) is 0 Å². The Morgan fingerprint density at radius 1 is 0.653 bits per heavy atom. The second-order valence-electron chi connectivity index (χ2n) is 37.2. The maximum Gasteiger partial charge on any atom is 0.193 e. The zero-order valence-corrected chi connectivity index (χ0v) is 73.8. The van der Waals surface area contributed by atoms with Crippen molar-refractivity contribution in [3.8, 4) is 0 Å². The molecule has 5 heterocycles. The molecular weight excluding hydrogens is 1450 g/mol. The van der Waals surface area contributed by atoms with E-state index >= 15 is 13.2 Å². The molecule has 5 unspecified atom stereocenters. The van der Waals surface area contributed by atoms with Gasteiger partial charge in [0.15, 0.2) is 57.2 Å². The summed E-state index contributed by atoms with van der Waals surface area (Å²) in [5.41, 5.74) is 1.92. The van der Waals surface area contributed by atoms with E-state index in [1.165, 1.54) is 0 Å². The number of methoxy groups -OCH3 is 1. The summed E-state index contributed by atoms with van der Waals surface area (Å²) in [4.78, 5) is 27.9. The minimum Gasteiger partial charge on any atom is -0.414 e. The van der Waals surface area contributed by atoms with Crippen LogP contribution in [0.2, 0.25) is 90.7 Å². The molecule has 0 radical (unpaired) electrons. The Morgan fingerprint density at radius 3 is 1.74 bits per heavy atom. The van der Waals surface area contributed by atoms with Crippen LogP contribution in [0.5, 0.6) is 0 Å². The summed E-state index contributed by atoms with van der Waals surface area (Å²) < 4.78 is 115. The molecule has 0 bridgehead atoms. The molecule has 0 spiro atoms. The summed E-state index contributed by atoms with van der Waals surface area (Å²) in [6.45, 7) is 67.7. The van der Waals surface area contributed by atoms with Gasteiger partial charge in [-0.1, -0.05) is 165 Å². The van der Waals surface area contributed by atoms with Gasteiger partial charge in [-0.25, -0.2) is 8.42 Å². The second-order valence-corrected chi connectivity index (χ2v) is 63.8. The predicted molar refractivity (Wildman–Crippen MR) is 419 cm³/mol. The third kappa shape index (κ3) is 20.8. The standard InChI is InChI=1S/C76H135IO15SSi5/c1-50-44-54(37-39-59-51(2)45-53(84-59)34-33-43-78)85-62(52(50)3)48-63-65(66(82-19)64(87-63)47-56(89-95(22,23)73(7,8)9)49-83-94(20,21)72(4,5)6)71(93(80,81)57-35-31-30-32-36-57)58(79)46-55-38-40-60-67(86-55)69(91-97(26,27)75(13,14)15)70(92-98(28,29)76(16,17)18)68(88-60)61(41-42-77)90-96(24,25)74(10,11)12/h30-32,35-36,41-43,50,53-56,59-71H,2-3,33-34,37-40,44-49H2,1,4-29H3/b42-41+/t50-,53+,54+,55?,56+,59?,60+,61+,62?,63+,64-,65+,66+,67?,68+,69+,70-,71?/m1/s1. The molecule has 5 aliphatic heterocycles. The zero-order chi connectivity index (χ0) is 74.1. The van der Waals surface area contributed by atoms with E-state index in [1.807, 2.05) is 4.08 Å². The van der Waals surface area contributed by atoms with Gasteiger partial charge in [-0.15, -0.1) is 0 Å². The van der Waals surface area contributed by atoms with Crippen molar-refractivity contribution in [1.29, 1.82) is 0 Å². The maximum atomic E-state index is 16.5. The highest BCUT2D eigenvalue weighted by molar-refractivity contribution is 14.1. The minimum absolute atomic E-state index is 0.0354. The first-order valence-corrected chi connectivity index (χ1v) is 54.1. The zero-order valence-electron chi connectivity index (χ0n) is 65.8. The van der Waals surface area contributed by atoms with Crippen molar-refractivity contribution in [2.45, 2.75) is 374 Å². The Balaban J connectivity index is 1.49. The molecule has 0 amide bonds. The van der Waals surface area contributed by atoms with Gasteiger partial charge in [0.1, 0.15) is 36.0 Å². The number of aldehydes is 1. The fraction of sp³-hybridized carbons (Fsp3) is 0.816. The van der Waals surface area contributed by atoms with Gasteiger partial charge in [-0.3, -0.25) is 4.79 Å². The van der Waals surface area contributed by atoms with Crippen LogP contribution in [0.25, 0.3) is 0 Å². The van der Waals surface area contributed by atoms with Crippen LogP contribution in [-0.2, 0) is 70.0 Å². The van der Waals surface area contributed by atoms with Crippen molar-refractivity contribution in [3.05, 3.63) is 64.8 Å². The van der Waals surface area contributed by atoms with Gasteiger partial charge in [0, 0.05) is 38.7 Å². The number of hydrogen-bond acceptors (Lipinski definition) is 15. The summed E-state index contributed by atoms with van der Waals surface area (Å²) in [5, 5.41) is -2.38. The molecule has 0 aliphatic carbocycles. The predicted octanol–water partition coefficient (Wildman–Crippen LogP) is 18.6. The number of Topliss-reactive ketones (excluding diaryl/α,β-unsaturated/α-hetero) is 1. The lowest BCUT2D eigenvalue weighted by atomic mass is 9.81. The van der Waals surface area contributed by atoms with Gasteiger partial charge in [0.05, 0.1) is 78.6 Å². The van der Waals surface area contributed by atoms with E-state index in [0.717, 1.165) is 30.3 Å². The number of rotatable bonds is 30. The van der Waals surface area contributed by atoms with Crippen molar-refractivity contribution in [2.24, 2.45) is 11.8 Å². The third-order valence-corrected chi connectivity index (χ3v) is 49.8. The number of sulfone groups is 1. The molecule has 0 N–H and O–H groups in total. The van der Waals surface area contributed by atoms with Crippen LogP contribution >= 0.6 is 22.6 Å². The number of hydrogen-bond donors (Lipinski definition) is 0. The maximum absolute atomic E-state index is 16.5. The van der Waals surface area contributed by atoms with E-state index in [4.69, 9.17) is 50.6 Å². The highest BCUT2D eigenvalue weighted by Gasteiger charge is 2.61. The molecule has 1 aromatic rings. The third-order valence-electron chi connectivity index (χ3n) is 24.7. The number of benzene rings is 1. The average molecular weight is 1590 g/mol. The smallest absolute Gasteiger partial charge is 0.193 e. The summed E-state index contributed by atoms with van der Waals surface area (Å²) in [6, 6.07) is 8.38. The molecule has 18 atom stereocenters. The van der Waals surface area contributed by atoms with E-state index in [1.54, 1.807) is 37.4 Å². The molecule has 5 saturated heterocycles. The van der Waals surface area contributed by atoms with E-state index in [9.17, 15) is 4.79 Å². The van der Waals surface area contributed by atoms with Crippen LogP contribution in [0.3, 0.4) is 0 Å². The van der Waals surface area contributed by atoms with Gasteiger partial charge < -0.3 is 55.3 Å². The SMILES string of the molecule is C=C1C[C@H](CCC=O)OC1CC[C@H]1C[C@@H](C)C(=C)C(C[C@@H]2O[C@H](C[C@@H](CO[Si](C)(C)C(C)(C)C)O[Si](C)(C)C(C)(C)C)[C@H](OC)[C@H]2C(C(=O)CC2CC[C@@H]3O[C@@H]([C@H](/C=C/I)O[Si](C)(C)C(C)(C)C)[C@@H](O[Si](C)(C)C(C)(C)C)[C@@H](O[Si](C)(C)C(C)(C)C)C3O2)S(=O)(=O)c2ccccc2)O1. The van der Waals surface area contributed by atoms with Crippen molar-refractivity contribution in [2.75, 3.05) is 13.7 Å². The Hall–Kier alpha value is -0.896. The van der Waals surface area contributed by atoms with E-state index in [-0.39, 0.29) is 67.2 Å². The lowest BCUT2D eigenvalue weighted by Crippen LogP contribution is -2.69. The molecule has 562 valence electrons. The lowest BCUT2D eigenvalue weighted by Gasteiger charge is -2.56. The number of carbonyl (C=O) groups excluding carboxylic acids is 2. The Morgan fingerprint density at radius 2 is 1.20 bits per heavy atom. The molecule has 22 heteroatoms. The number of halogens is 1. The fourth-order valence-corrected chi connectivity index (χ4v) is 22.0. The number of ketones is 1. The molecule has 15 nitrogen and oxygen atoms in total. The van der Waals surface area contributed by atoms with Crippen LogP contribution in [0.4, 0.5) is 0 Å². The van der Waals surface area contributed by atoms with Crippen LogP contribution in [0.15, 0.2) is 69.7 Å². The highest BCUT2D eigenvalue weighted by Crippen LogP contribution is 2.50. The Bertz CT molecular complexity index is 2960. The first-order chi connectivity index (χ1) is 44.7. The minimum atomic E-state index is -4.52. The van der Waals surface area contributed by atoms with Crippen molar-refractivity contribution in [3.63, 3.8) is 0 Å². The van der Waals surface area contributed by atoms with Crippen LogP contribution < -0.4 is 0 Å². The van der Waals surface area contributed by atoms with Crippen LogP contribution in [0.1, 0.15) is 181 Å². The molecule has 6 rings (SSSR count). The Kier molecular flexibility index (Phi) is 29.0. The van der Waals surface area contributed by atoms with Crippen LogP contribution in [0, 0.1) is 11.8 Å². The van der Waals surface area contributed by atoms with E-state index in [2.05, 4.69) is 218 Å². The van der Waals surface area contributed by atoms with Crippen molar-refractivity contribution < 1.29 is 68.6 Å². The lowest BCUT2D eigenvalue weighted by molar-refractivity contribution is -0.266. The van der Waals surface area contributed by atoms with Gasteiger partial charge in [0.25, 0.3) is 0 Å². The summed E-state index contributed by atoms with van der Waals surface area (Å²) in [7, 11) is -15.4. The summed E-state index contributed by atoms with van der Waals surface area (Å²) >= 11 is 2.29. The number of ether oxygens (including phenoxy) is 6. The Labute approximate surface area is 614 Å². The molecule has 5 aliphatic rings. The quantitative estimate of drug-likeness (QED) is 0.0308. The van der Waals surface area contributed by atoms with E-state index in [0.29, 0.717) is 51.6 Å². The molecule has 98 heavy (non-hydrogen) atoms. The largest absolute Gasteiger partial charge is 0.414 e. The topological polar surface area (TPSA) is 170 Å². The number of carbonyl (C=O) groups is 2.